The predicted octanol–water partition coefficient (Wildman–Crippen LogP) is 2.40. The van der Waals surface area contributed by atoms with Crippen molar-refractivity contribution in [3.8, 4) is 33.9 Å². The summed E-state index contributed by atoms with van der Waals surface area (Å²) in [5.74, 6) is -18.6. The number of amides is 14. The van der Waals surface area contributed by atoms with Gasteiger partial charge in [-0.15, -0.1) is 0 Å². The van der Waals surface area contributed by atoms with Crippen LogP contribution in [0.15, 0.2) is 161 Å². The normalized spacial score (nSPS) is 13.2. The van der Waals surface area contributed by atoms with E-state index in [1.165, 1.54) is 72.8 Å². The maximum atomic E-state index is 14.7. The molecule has 6 aromatic carbocycles. The van der Waals surface area contributed by atoms with Gasteiger partial charge in [0.2, 0.25) is 82.7 Å². The highest BCUT2D eigenvalue weighted by Gasteiger charge is 2.38. The number of carbonyl (C=O) groups is 17. The predicted molar refractivity (Wildman–Crippen MR) is 506 cm³/mol. The second-order valence-corrected chi connectivity index (χ2v) is 33.4. The first kappa shape index (κ1) is 107. The summed E-state index contributed by atoms with van der Waals surface area (Å²) in [6.07, 6.45) is -4.69. The van der Waals surface area contributed by atoms with Crippen LogP contribution >= 0.6 is 12.2 Å². The molecule has 0 fully saturated rings. The molecule has 730 valence electrons. The highest BCUT2D eigenvalue weighted by Crippen LogP contribution is 2.43. The number of benzene rings is 7. The monoisotopic (exact) mass is 1910 g/mol. The van der Waals surface area contributed by atoms with Gasteiger partial charge in [0.15, 0.2) is 10.5 Å². The molecular weight excluding hydrogens is 1800 g/mol. The van der Waals surface area contributed by atoms with Crippen LogP contribution in [-0.2, 0) is 96.1 Å². The zero-order chi connectivity index (χ0) is 100. The lowest BCUT2D eigenvalue weighted by Crippen LogP contribution is -2.59. The zero-order valence-electron chi connectivity index (χ0n) is 76.0. The summed E-state index contributed by atoms with van der Waals surface area (Å²) < 4.78 is 5.94. The van der Waals surface area contributed by atoms with E-state index >= 15 is 0 Å². The van der Waals surface area contributed by atoms with Gasteiger partial charge in [0, 0.05) is 93.1 Å². The number of nitrogens with one attached hydrogen (secondary N) is 15. The Bertz CT molecular complexity index is 5740. The maximum absolute atomic E-state index is 14.7. The fourth-order valence-electron chi connectivity index (χ4n) is 14.7. The van der Waals surface area contributed by atoms with E-state index in [1.54, 1.807) is 75.4 Å². The Balaban J connectivity index is 0.935. The van der Waals surface area contributed by atoms with Crippen LogP contribution < -0.4 is 96.6 Å². The van der Waals surface area contributed by atoms with Crippen molar-refractivity contribution >= 4 is 145 Å². The lowest BCUT2D eigenvalue weighted by molar-refractivity contribution is -0.143. The van der Waals surface area contributed by atoms with E-state index in [4.69, 9.17) is 28.1 Å². The Morgan fingerprint density at radius 1 is 0.453 bits per heavy atom. The third-order valence-electron chi connectivity index (χ3n) is 21.8. The van der Waals surface area contributed by atoms with Crippen LogP contribution in [0.2, 0.25) is 0 Å². The van der Waals surface area contributed by atoms with Gasteiger partial charge in [-0.25, -0.2) is 9.59 Å². The molecule has 0 saturated carbocycles. The summed E-state index contributed by atoms with van der Waals surface area (Å²) in [6, 6.07) is 22.6. The molecule has 14 amide bonds. The Kier molecular flexibility index (Phi) is 41.2. The van der Waals surface area contributed by atoms with E-state index in [1.807, 2.05) is 24.3 Å². The van der Waals surface area contributed by atoms with Gasteiger partial charge in [0.25, 0.3) is 0 Å². The minimum atomic E-state index is -1.84. The first-order valence-corrected chi connectivity index (χ1v) is 44.8. The van der Waals surface area contributed by atoms with Crippen LogP contribution in [0.25, 0.3) is 44.2 Å². The number of carboxylic acids is 3. The average Bonchev–Trinajstić information content (AvgIpc) is 0.745. The Hall–Kier alpha value is -15.5. The third-order valence-corrected chi connectivity index (χ3v) is 22.1. The van der Waals surface area contributed by atoms with E-state index in [0.717, 1.165) is 24.7 Å². The number of anilines is 1. The molecule has 10 atom stereocenters. The van der Waals surface area contributed by atoms with Crippen LogP contribution in [0.1, 0.15) is 145 Å². The standard InChI is InChI=1S/C95H115N17O24S/c1-6-7-22-66(104-80(119)48-72(87(126)101-50-56-20-15-19-55-18-11-12-21-61(55)56)105-78(117)37-40-100-95(137)103-57-25-30-62(65(44-57)93(132)133)83-63-31-28-59(114)45-75(63)136-76-46-60(115)29-32-64(76)83)88(127)107-68(34-36-82(121)122)90(129)110-71(85(124)98-5)47-79(118)102-52(4)84(123)109-70(43-54-23-26-58(113)27-24-54)92(131)108-67(33-35-77(97)116)89(128)111-73(86(125)99-39-14-13-38-96)49-81(120)106-69(42-53-16-9-8-10-17-53)91(130)112-74(94(134)135)41-51(2)3/h8-12,15-21,23-32,44-46,51-52,66-74,113-114H,6-7,13-14,22,33-43,47-50,96H2,1-5H3,(H2,97,116)(H,98,124)(H,99,125)(H,101,126)(H,102,118)(H,104,119)(H,105,117)(H,106,120)(H,107,127)(H,108,131)(H,109,123)(H,110,129)(H,111,128)(H,112,130)(H,121,122)(H,132,133)(H,134,135)(H2,100,103,137)/t52-,66-,67-,68-,69-,70-,71-,72-,73-,74-/m0/s1. The molecule has 2 aliphatic rings. The van der Waals surface area contributed by atoms with Gasteiger partial charge in [-0.3, -0.25) is 76.7 Å². The fourth-order valence-corrected chi connectivity index (χ4v) is 15.0. The summed E-state index contributed by atoms with van der Waals surface area (Å²) in [6.45, 7) is 6.38. The summed E-state index contributed by atoms with van der Waals surface area (Å²) in [4.78, 5) is 247. The molecule has 42 heteroatoms. The quantitative estimate of drug-likeness (QED) is 0.0148. The third kappa shape index (κ3) is 33.9. The minimum Gasteiger partial charge on any atom is -0.508 e. The lowest BCUT2D eigenvalue weighted by Gasteiger charge is -2.27. The van der Waals surface area contributed by atoms with E-state index in [-0.39, 0.29) is 114 Å². The number of aliphatic carboxylic acids is 2. The summed E-state index contributed by atoms with van der Waals surface area (Å²) in [7, 11) is 1.14. The summed E-state index contributed by atoms with van der Waals surface area (Å²) >= 11 is 5.54. The molecule has 1 heterocycles. The number of phenols is 2. The Morgan fingerprint density at radius 3 is 1.60 bits per heavy atom. The molecule has 0 spiro atoms. The number of rotatable bonds is 53. The van der Waals surface area contributed by atoms with Crippen molar-refractivity contribution in [3.63, 3.8) is 0 Å². The number of primary amides is 1. The molecule has 0 bridgehead atoms. The van der Waals surface area contributed by atoms with Gasteiger partial charge in [-0.1, -0.05) is 125 Å². The molecule has 0 radical (unpaired) electrons. The smallest absolute Gasteiger partial charge is 0.336 e. The molecule has 0 saturated heterocycles. The molecule has 41 nitrogen and oxygen atoms in total. The van der Waals surface area contributed by atoms with Gasteiger partial charge in [-0.05, 0) is 152 Å². The minimum absolute atomic E-state index is 0.00292. The van der Waals surface area contributed by atoms with Crippen molar-refractivity contribution < 1.29 is 111 Å². The van der Waals surface area contributed by atoms with Gasteiger partial charge < -0.3 is 121 Å². The van der Waals surface area contributed by atoms with E-state index < -0.39 is 212 Å². The SMILES string of the molecule is CCCC[C@H](NC(=O)C[C@H](NC(=O)CCNC(=S)Nc1ccc(-c2c3ccc(=O)cc-3oc3cc(O)ccc23)c(C(=O)O)c1)C(=O)NCc1cccc2ccccc12)C(=O)N[C@@H](CCC(=O)O)C(=O)N[C@@H](CC(=O)N[C@@H](C)C(=O)N[C@@H](Cc1ccc(O)cc1)C(=O)N[C@@H](CCC(N)=O)C(=O)N[C@@H](CC(=O)N[C@@H](Cc1ccccc1)C(=O)N[C@@H](CC(C)C)C(=O)O)C(=O)NCCCCN)C(=O)NC. The van der Waals surface area contributed by atoms with E-state index in [0.29, 0.717) is 52.5 Å². The molecule has 1 aliphatic carbocycles. The first-order chi connectivity index (χ1) is 65.3. The second kappa shape index (κ2) is 52.8. The second-order valence-electron chi connectivity index (χ2n) is 33.0. The number of carboxylic acid groups (broad SMARTS) is 3. The van der Waals surface area contributed by atoms with Gasteiger partial charge >= 0.3 is 17.9 Å². The number of fused-ring (bicyclic) bond motifs is 3. The summed E-state index contributed by atoms with van der Waals surface area (Å²) in [5.41, 5.74) is 13.5. The van der Waals surface area contributed by atoms with Crippen LogP contribution in [0.3, 0.4) is 0 Å². The van der Waals surface area contributed by atoms with Gasteiger partial charge in [0.05, 0.1) is 24.8 Å². The molecule has 6 aromatic rings. The topological polar surface area (TPSA) is 654 Å². The number of phenolic OH excluding ortho intramolecular Hbond substituents is 2. The van der Waals surface area contributed by atoms with Crippen molar-refractivity contribution in [2.24, 2.45) is 17.4 Å². The van der Waals surface area contributed by atoms with Crippen molar-refractivity contribution in [1.82, 2.24) is 74.4 Å². The van der Waals surface area contributed by atoms with Gasteiger partial charge in [-0.2, -0.15) is 0 Å². The largest absolute Gasteiger partial charge is 0.508 e. The van der Waals surface area contributed by atoms with E-state index in [2.05, 4.69) is 79.8 Å². The molecular formula is C95H115N17O24S. The van der Waals surface area contributed by atoms with Crippen LogP contribution in [0.4, 0.5) is 5.69 Å². The number of nitrogens with two attached hydrogens (primary N) is 2. The summed E-state index contributed by atoms with van der Waals surface area (Å²) in [5, 5.41) is 91.0. The first-order valence-electron chi connectivity index (χ1n) is 44.4. The molecule has 0 aromatic heterocycles. The van der Waals surface area contributed by atoms with Crippen molar-refractivity contribution in [3.05, 3.63) is 184 Å². The average molecular weight is 1910 g/mol. The molecule has 137 heavy (non-hydrogen) atoms. The van der Waals surface area contributed by atoms with Crippen molar-refractivity contribution in [2.45, 2.75) is 197 Å². The maximum Gasteiger partial charge on any atom is 0.336 e. The van der Waals surface area contributed by atoms with Crippen molar-refractivity contribution in [2.75, 3.05) is 32.0 Å². The lowest BCUT2D eigenvalue weighted by atomic mass is 9.90. The number of likely N-dealkylation sites (N-methyl/N-ethyl adjacent to an activating group) is 1. The number of aromatic carboxylic acids is 1. The number of unbranched alkanes of at least 4 members (excludes halogenated alkanes) is 2. The highest BCUT2D eigenvalue weighted by atomic mass is 32.1. The Labute approximate surface area is 792 Å². The highest BCUT2D eigenvalue weighted by molar-refractivity contribution is 7.80. The van der Waals surface area contributed by atoms with Crippen LogP contribution in [0, 0.1) is 5.92 Å². The number of carbonyl (C=O) groups excluding carboxylic acids is 14. The van der Waals surface area contributed by atoms with Crippen LogP contribution in [0.5, 0.6) is 11.5 Å². The number of aromatic hydroxyl groups is 2. The fraction of sp³-hybridized carbons (Fsp3) is 0.379. The Morgan fingerprint density at radius 2 is 0.985 bits per heavy atom. The number of hydrogen-bond acceptors (Lipinski definition) is 23. The van der Waals surface area contributed by atoms with Crippen molar-refractivity contribution in [1.29, 1.82) is 0 Å². The van der Waals surface area contributed by atoms with E-state index in [9.17, 15) is 112 Å². The van der Waals surface area contributed by atoms with Gasteiger partial charge in [0.1, 0.15) is 83.3 Å². The number of hydrogen-bond donors (Lipinski definition) is 22. The molecule has 0 unspecified atom stereocenters. The number of thiocarbonyl (C=S) groups is 1. The molecule has 24 N–H and O–H groups in total. The van der Waals surface area contributed by atoms with Crippen LogP contribution in [-0.4, -0.2) is 218 Å². The zero-order valence-corrected chi connectivity index (χ0v) is 76.8. The molecule has 1 aliphatic heterocycles. The molecule has 8 rings (SSSR count).